The number of hydrogen-bond donors (Lipinski definition) is 0. The zero-order valence-corrected chi connectivity index (χ0v) is 18.1. The molecular formula is C24H24N2O6. The Morgan fingerprint density at radius 1 is 0.938 bits per heavy atom. The lowest BCUT2D eigenvalue weighted by molar-refractivity contribution is -0.201. The van der Waals surface area contributed by atoms with E-state index in [-0.39, 0.29) is 18.8 Å². The lowest BCUT2D eigenvalue weighted by atomic mass is 10.0. The second-order valence-corrected chi connectivity index (χ2v) is 8.23. The van der Waals surface area contributed by atoms with Crippen LogP contribution in [0.2, 0.25) is 0 Å². The Labute approximate surface area is 185 Å². The third-order valence-electron chi connectivity index (χ3n) is 5.76. The van der Waals surface area contributed by atoms with Gasteiger partial charge in [0.25, 0.3) is 11.8 Å². The summed E-state index contributed by atoms with van der Waals surface area (Å²) < 4.78 is 5.85. The van der Waals surface area contributed by atoms with Crippen molar-refractivity contribution >= 4 is 23.9 Å². The molecule has 1 unspecified atom stereocenters. The van der Waals surface area contributed by atoms with Crippen molar-refractivity contribution < 1.29 is 28.8 Å². The molecule has 0 N–H and O–H groups in total. The minimum absolute atomic E-state index is 0.00314. The van der Waals surface area contributed by atoms with Gasteiger partial charge in [-0.1, -0.05) is 62.4 Å². The van der Waals surface area contributed by atoms with E-state index < -0.39 is 36.0 Å². The standard InChI is InChI=1S/C24H24N2O6/c1-14(2)21(23(29)32-26-19(27)12-13-20(26)28)25(3)24(30)31-22-17-10-6-4-8-15(17)16-9-5-7-11-18(16)22/h4-11,14,21-22H,12-13H2,1-3H3. The highest BCUT2D eigenvalue weighted by Gasteiger charge is 2.40. The van der Waals surface area contributed by atoms with Crippen molar-refractivity contribution in [2.75, 3.05) is 7.05 Å². The fraction of sp³-hybridized carbons (Fsp3) is 0.333. The van der Waals surface area contributed by atoms with Crippen molar-refractivity contribution in [2.45, 2.75) is 38.8 Å². The average molecular weight is 436 g/mol. The number of nitrogens with zero attached hydrogens (tertiary/aromatic N) is 2. The van der Waals surface area contributed by atoms with E-state index >= 15 is 0 Å². The molecule has 1 aliphatic heterocycles. The largest absolute Gasteiger partial charge is 0.436 e. The fourth-order valence-corrected chi connectivity index (χ4v) is 4.21. The summed E-state index contributed by atoms with van der Waals surface area (Å²) in [4.78, 5) is 55.7. The van der Waals surface area contributed by atoms with Crippen LogP contribution in [0.1, 0.15) is 43.9 Å². The van der Waals surface area contributed by atoms with Crippen molar-refractivity contribution in [1.29, 1.82) is 0 Å². The van der Waals surface area contributed by atoms with Crippen LogP contribution in [0.15, 0.2) is 48.5 Å². The maximum atomic E-state index is 13.1. The van der Waals surface area contributed by atoms with Gasteiger partial charge in [-0.15, -0.1) is 5.06 Å². The van der Waals surface area contributed by atoms with Crippen molar-refractivity contribution in [3.8, 4) is 11.1 Å². The highest BCUT2D eigenvalue weighted by molar-refractivity contribution is 6.02. The maximum absolute atomic E-state index is 13.1. The van der Waals surface area contributed by atoms with Gasteiger partial charge in [0.1, 0.15) is 6.04 Å². The molecule has 8 nitrogen and oxygen atoms in total. The molecule has 0 radical (unpaired) electrons. The van der Waals surface area contributed by atoms with Gasteiger partial charge < -0.3 is 9.57 Å². The molecule has 166 valence electrons. The number of rotatable bonds is 5. The van der Waals surface area contributed by atoms with Crippen LogP contribution in [0.3, 0.4) is 0 Å². The van der Waals surface area contributed by atoms with E-state index in [0.717, 1.165) is 27.2 Å². The Hall–Kier alpha value is -3.68. The molecule has 1 atom stereocenters. The van der Waals surface area contributed by atoms with Crippen LogP contribution in [0.25, 0.3) is 11.1 Å². The van der Waals surface area contributed by atoms with Crippen LogP contribution >= 0.6 is 0 Å². The van der Waals surface area contributed by atoms with Crippen LogP contribution in [-0.2, 0) is 24.0 Å². The number of amides is 3. The Balaban J connectivity index is 1.54. The Bertz CT molecular complexity index is 1030. The van der Waals surface area contributed by atoms with Crippen LogP contribution in [0.4, 0.5) is 4.79 Å². The lowest BCUT2D eigenvalue weighted by Gasteiger charge is -2.30. The number of hydrogen-bond acceptors (Lipinski definition) is 6. The fourth-order valence-electron chi connectivity index (χ4n) is 4.21. The molecule has 2 aromatic rings. The second-order valence-electron chi connectivity index (χ2n) is 8.23. The van der Waals surface area contributed by atoms with Crippen LogP contribution < -0.4 is 0 Å². The number of imide groups is 1. The Kier molecular flexibility index (Phi) is 5.69. The van der Waals surface area contributed by atoms with E-state index in [1.165, 1.54) is 7.05 Å². The summed E-state index contributed by atoms with van der Waals surface area (Å²) in [6.45, 7) is 3.48. The SMILES string of the molecule is CC(C)C(C(=O)ON1C(=O)CCC1=O)N(C)C(=O)OC1c2ccccc2-c2ccccc21. The van der Waals surface area contributed by atoms with Crippen LogP contribution in [0.5, 0.6) is 0 Å². The zero-order chi connectivity index (χ0) is 23.0. The van der Waals surface area contributed by atoms with E-state index in [1.807, 2.05) is 48.5 Å². The van der Waals surface area contributed by atoms with Gasteiger partial charge in [-0.25, -0.2) is 9.59 Å². The van der Waals surface area contributed by atoms with Gasteiger partial charge in [0.2, 0.25) is 0 Å². The number of fused-ring (bicyclic) bond motifs is 3. The van der Waals surface area contributed by atoms with E-state index in [0.29, 0.717) is 5.06 Å². The molecule has 1 saturated heterocycles. The number of hydroxylamine groups is 2. The first-order chi connectivity index (χ1) is 15.3. The predicted molar refractivity (Wildman–Crippen MR) is 114 cm³/mol. The van der Waals surface area contributed by atoms with Gasteiger partial charge in [-0.2, -0.15) is 0 Å². The second kappa shape index (κ2) is 8.45. The van der Waals surface area contributed by atoms with Gasteiger partial charge in [-0.3, -0.25) is 14.5 Å². The van der Waals surface area contributed by atoms with Crippen molar-refractivity contribution in [3.05, 3.63) is 59.7 Å². The minimum atomic E-state index is -1.05. The van der Waals surface area contributed by atoms with Gasteiger partial charge in [-0.05, 0) is 17.0 Å². The third kappa shape index (κ3) is 3.72. The van der Waals surface area contributed by atoms with Crippen molar-refractivity contribution in [3.63, 3.8) is 0 Å². The summed E-state index contributed by atoms with van der Waals surface area (Å²) in [7, 11) is 1.44. The highest BCUT2D eigenvalue weighted by Crippen LogP contribution is 2.45. The Morgan fingerprint density at radius 2 is 1.44 bits per heavy atom. The molecule has 1 fully saturated rings. The van der Waals surface area contributed by atoms with E-state index in [2.05, 4.69) is 0 Å². The first-order valence-corrected chi connectivity index (χ1v) is 10.5. The van der Waals surface area contributed by atoms with Crippen LogP contribution in [-0.4, -0.2) is 46.9 Å². The molecule has 0 bridgehead atoms. The summed E-state index contributed by atoms with van der Waals surface area (Å²) in [5.74, 6) is -2.36. The molecule has 1 heterocycles. The summed E-state index contributed by atoms with van der Waals surface area (Å²) in [6.07, 6.45) is -1.33. The van der Waals surface area contributed by atoms with Crippen LogP contribution in [0, 0.1) is 5.92 Å². The third-order valence-corrected chi connectivity index (χ3v) is 5.76. The molecule has 4 rings (SSSR count). The molecule has 3 amide bonds. The molecule has 2 aromatic carbocycles. The first kappa shape index (κ1) is 21.5. The molecule has 1 aliphatic carbocycles. The van der Waals surface area contributed by atoms with Crippen molar-refractivity contribution in [1.82, 2.24) is 9.96 Å². The van der Waals surface area contributed by atoms with Crippen molar-refractivity contribution in [2.24, 2.45) is 5.92 Å². The summed E-state index contributed by atoms with van der Waals surface area (Å²) >= 11 is 0. The van der Waals surface area contributed by atoms with Gasteiger partial charge in [0, 0.05) is 31.0 Å². The smallest absolute Gasteiger partial charge is 0.411 e. The zero-order valence-electron chi connectivity index (χ0n) is 18.1. The Morgan fingerprint density at radius 3 is 1.94 bits per heavy atom. The molecule has 0 saturated carbocycles. The summed E-state index contributed by atoms with van der Waals surface area (Å²) in [5.41, 5.74) is 3.73. The van der Waals surface area contributed by atoms with E-state index in [1.54, 1.807) is 13.8 Å². The predicted octanol–water partition coefficient (Wildman–Crippen LogP) is 3.46. The quantitative estimate of drug-likeness (QED) is 0.667. The van der Waals surface area contributed by atoms with Gasteiger partial charge >= 0.3 is 12.1 Å². The number of likely N-dealkylation sites (N-methyl/N-ethyl adjacent to an activating group) is 1. The highest BCUT2D eigenvalue weighted by atomic mass is 16.7. The monoisotopic (exact) mass is 436 g/mol. The minimum Gasteiger partial charge on any atom is -0.436 e. The molecule has 0 aromatic heterocycles. The van der Waals surface area contributed by atoms with Gasteiger partial charge in [0.05, 0.1) is 0 Å². The number of carbonyl (C=O) groups is 4. The first-order valence-electron chi connectivity index (χ1n) is 10.5. The molecule has 0 spiro atoms. The number of benzene rings is 2. The average Bonchev–Trinajstić information content (AvgIpc) is 3.26. The molecule has 32 heavy (non-hydrogen) atoms. The number of ether oxygens (including phenoxy) is 1. The van der Waals surface area contributed by atoms with E-state index in [9.17, 15) is 19.2 Å². The van der Waals surface area contributed by atoms with Gasteiger partial charge in [0.15, 0.2) is 6.10 Å². The summed E-state index contributed by atoms with van der Waals surface area (Å²) in [6, 6.07) is 14.3. The molecule has 2 aliphatic rings. The number of carbonyl (C=O) groups excluding carboxylic acids is 4. The topological polar surface area (TPSA) is 93.2 Å². The summed E-state index contributed by atoms with van der Waals surface area (Å²) in [5, 5.41) is 0.486. The lowest BCUT2D eigenvalue weighted by Crippen LogP contribution is -2.49. The molecular weight excluding hydrogens is 412 g/mol. The maximum Gasteiger partial charge on any atom is 0.411 e. The normalized spacial score (nSPS) is 16.1. The van der Waals surface area contributed by atoms with E-state index in [4.69, 9.17) is 9.57 Å². The molecule has 8 heteroatoms.